The molecule has 88 valence electrons. The maximum absolute atomic E-state index is 11.3. The quantitative estimate of drug-likeness (QED) is 0.715. The summed E-state index contributed by atoms with van der Waals surface area (Å²) in [6.07, 6.45) is 3.84. The number of hydrogen-bond donors (Lipinski definition) is 1. The van der Waals surface area contributed by atoms with Gasteiger partial charge in [-0.1, -0.05) is 19.3 Å². The number of aliphatic hydroxyl groups is 1. The lowest BCUT2D eigenvalue weighted by Crippen LogP contribution is -2.42. The summed E-state index contributed by atoms with van der Waals surface area (Å²) in [7, 11) is 2.73. The monoisotopic (exact) mass is 216 g/mol. The Morgan fingerprint density at radius 3 is 2.33 bits per heavy atom. The fourth-order valence-corrected chi connectivity index (χ4v) is 2.21. The maximum Gasteiger partial charge on any atom is 0.337 e. The van der Waals surface area contributed by atoms with E-state index in [0.717, 1.165) is 25.7 Å². The van der Waals surface area contributed by atoms with Gasteiger partial charge in [0.05, 0.1) is 13.2 Å². The van der Waals surface area contributed by atoms with Crippen molar-refractivity contribution in [3.63, 3.8) is 0 Å². The molecule has 0 saturated heterocycles. The Morgan fingerprint density at radius 2 is 1.87 bits per heavy atom. The molecule has 4 nitrogen and oxygen atoms in total. The largest absolute Gasteiger partial charge is 0.467 e. The Kier molecular flexibility index (Phi) is 5.05. The number of ether oxygens (including phenoxy) is 2. The van der Waals surface area contributed by atoms with Crippen molar-refractivity contribution in [1.29, 1.82) is 0 Å². The Balaban J connectivity index is 2.54. The third-order valence-corrected chi connectivity index (χ3v) is 3.13. The van der Waals surface area contributed by atoms with E-state index in [-0.39, 0.29) is 5.92 Å². The van der Waals surface area contributed by atoms with Crippen LogP contribution in [0.5, 0.6) is 0 Å². The van der Waals surface area contributed by atoms with E-state index in [1.54, 1.807) is 0 Å². The molecule has 2 atom stereocenters. The van der Waals surface area contributed by atoms with Gasteiger partial charge in [0.1, 0.15) is 0 Å². The predicted molar refractivity (Wildman–Crippen MR) is 55.4 cm³/mol. The molecule has 0 unspecified atom stereocenters. The number of esters is 1. The Hall–Kier alpha value is -0.610. The molecule has 0 bridgehead atoms. The molecule has 0 aromatic heterocycles. The molecular formula is C11H20O4. The summed E-state index contributed by atoms with van der Waals surface area (Å²) in [5.74, 6) is -0.321. The van der Waals surface area contributed by atoms with Crippen LogP contribution in [-0.4, -0.2) is 37.5 Å². The summed E-state index contributed by atoms with van der Waals surface area (Å²) in [6.45, 7) is 0. The highest BCUT2D eigenvalue weighted by Crippen LogP contribution is 2.28. The minimum Gasteiger partial charge on any atom is -0.467 e. The molecule has 0 aromatic rings. The number of aliphatic hydroxyl groups excluding tert-OH is 1. The Morgan fingerprint density at radius 1 is 1.27 bits per heavy atom. The molecule has 0 radical (unpaired) electrons. The van der Waals surface area contributed by atoms with Gasteiger partial charge in [0.25, 0.3) is 0 Å². The van der Waals surface area contributed by atoms with Crippen molar-refractivity contribution in [2.24, 2.45) is 5.92 Å². The smallest absolute Gasteiger partial charge is 0.337 e. The van der Waals surface area contributed by atoms with Gasteiger partial charge < -0.3 is 14.6 Å². The van der Waals surface area contributed by atoms with Crippen LogP contribution >= 0.6 is 0 Å². The first-order chi connectivity index (χ1) is 7.20. The fourth-order valence-electron chi connectivity index (χ4n) is 2.21. The van der Waals surface area contributed by atoms with Gasteiger partial charge in [-0.2, -0.15) is 0 Å². The first-order valence-corrected chi connectivity index (χ1v) is 5.49. The molecule has 1 fully saturated rings. The van der Waals surface area contributed by atoms with E-state index < -0.39 is 18.2 Å². The summed E-state index contributed by atoms with van der Waals surface area (Å²) >= 11 is 0. The van der Waals surface area contributed by atoms with E-state index in [9.17, 15) is 9.90 Å². The van der Waals surface area contributed by atoms with Crippen LogP contribution in [0.2, 0.25) is 0 Å². The molecule has 0 heterocycles. The first kappa shape index (κ1) is 12.5. The van der Waals surface area contributed by atoms with Gasteiger partial charge in [0.2, 0.25) is 0 Å². The molecular weight excluding hydrogens is 196 g/mol. The molecule has 0 amide bonds. The van der Waals surface area contributed by atoms with Gasteiger partial charge in [-0.05, 0) is 18.8 Å². The number of carbonyl (C=O) groups excluding carboxylic acids is 1. The van der Waals surface area contributed by atoms with Crippen LogP contribution in [0.15, 0.2) is 0 Å². The maximum atomic E-state index is 11.3. The lowest BCUT2D eigenvalue weighted by Gasteiger charge is -2.30. The van der Waals surface area contributed by atoms with Gasteiger partial charge in [-0.25, -0.2) is 4.79 Å². The summed E-state index contributed by atoms with van der Waals surface area (Å²) in [5, 5.41) is 10.0. The third kappa shape index (κ3) is 3.18. The predicted octanol–water partition coefficient (Wildman–Crippen LogP) is 1.12. The Labute approximate surface area is 90.6 Å². The molecule has 1 aliphatic carbocycles. The number of carbonyl (C=O) groups is 1. The van der Waals surface area contributed by atoms with E-state index in [1.807, 2.05) is 0 Å². The molecule has 0 aliphatic heterocycles. The number of rotatable bonds is 4. The first-order valence-electron chi connectivity index (χ1n) is 5.49. The van der Waals surface area contributed by atoms with E-state index in [0.29, 0.717) is 0 Å². The normalized spacial score (nSPS) is 22.1. The van der Waals surface area contributed by atoms with Crippen molar-refractivity contribution in [2.75, 3.05) is 14.2 Å². The van der Waals surface area contributed by atoms with Crippen LogP contribution in [0.1, 0.15) is 32.1 Å². The second-order valence-corrected chi connectivity index (χ2v) is 4.07. The van der Waals surface area contributed by atoms with Gasteiger partial charge >= 0.3 is 5.97 Å². The van der Waals surface area contributed by atoms with Gasteiger partial charge in [-0.15, -0.1) is 0 Å². The van der Waals surface area contributed by atoms with E-state index in [2.05, 4.69) is 4.74 Å². The van der Waals surface area contributed by atoms with Crippen molar-refractivity contribution in [2.45, 2.75) is 44.3 Å². The minimum absolute atomic E-state index is 0.169. The zero-order chi connectivity index (χ0) is 11.3. The van der Waals surface area contributed by atoms with Crippen molar-refractivity contribution < 1.29 is 19.4 Å². The summed E-state index contributed by atoms with van der Waals surface area (Å²) in [4.78, 5) is 11.3. The average Bonchev–Trinajstić information content (AvgIpc) is 2.30. The van der Waals surface area contributed by atoms with Crippen LogP contribution in [0, 0.1) is 5.92 Å². The van der Waals surface area contributed by atoms with Gasteiger partial charge in [-0.3, -0.25) is 0 Å². The van der Waals surface area contributed by atoms with Gasteiger partial charge in [0.15, 0.2) is 6.10 Å². The van der Waals surface area contributed by atoms with Crippen LogP contribution in [0.25, 0.3) is 0 Å². The molecule has 1 saturated carbocycles. The molecule has 1 rings (SSSR count). The highest BCUT2D eigenvalue weighted by atomic mass is 16.6. The highest BCUT2D eigenvalue weighted by Gasteiger charge is 2.34. The minimum atomic E-state index is -0.835. The van der Waals surface area contributed by atoms with Gasteiger partial charge in [0, 0.05) is 7.11 Å². The van der Waals surface area contributed by atoms with Crippen molar-refractivity contribution >= 4 is 5.97 Å². The molecule has 15 heavy (non-hydrogen) atoms. The Bertz CT molecular complexity index is 199. The molecule has 1 aliphatic rings. The summed E-state index contributed by atoms with van der Waals surface area (Å²) in [5.41, 5.74) is 0. The van der Waals surface area contributed by atoms with Crippen molar-refractivity contribution in [1.82, 2.24) is 0 Å². The van der Waals surface area contributed by atoms with Crippen molar-refractivity contribution in [3.8, 4) is 0 Å². The fraction of sp³-hybridized carbons (Fsp3) is 0.909. The van der Waals surface area contributed by atoms with Crippen LogP contribution in [0.4, 0.5) is 0 Å². The van der Waals surface area contributed by atoms with E-state index in [1.165, 1.54) is 20.6 Å². The van der Waals surface area contributed by atoms with Crippen LogP contribution in [0.3, 0.4) is 0 Å². The highest BCUT2D eigenvalue weighted by molar-refractivity contribution is 5.75. The zero-order valence-electron chi connectivity index (χ0n) is 9.44. The second-order valence-electron chi connectivity index (χ2n) is 4.07. The lowest BCUT2D eigenvalue weighted by atomic mass is 9.83. The van der Waals surface area contributed by atoms with E-state index in [4.69, 9.17) is 4.74 Å². The lowest BCUT2D eigenvalue weighted by molar-refractivity contribution is -0.162. The van der Waals surface area contributed by atoms with Crippen molar-refractivity contribution in [3.05, 3.63) is 0 Å². The molecule has 0 aromatic carbocycles. The summed E-state index contributed by atoms with van der Waals surface area (Å²) < 4.78 is 9.58. The molecule has 1 N–H and O–H groups in total. The molecule has 4 heteroatoms. The number of hydrogen-bond acceptors (Lipinski definition) is 4. The van der Waals surface area contributed by atoms with Crippen LogP contribution < -0.4 is 0 Å². The SMILES string of the molecule is COC(=O)[C@@H](OC)[C@H](O)C1CCCCC1. The standard InChI is InChI=1S/C11H20O4/c1-14-10(11(13)15-2)9(12)8-6-4-3-5-7-8/h8-10,12H,3-7H2,1-2H3/t9-,10+/m1/s1. The molecule has 0 spiro atoms. The topological polar surface area (TPSA) is 55.8 Å². The zero-order valence-corrected chi connectivity index (χ0v) is 9.44. The van der Waals surface area contributed by atoms with Crippen LogP contribution in [-0.2, 0) is 14.3 Å². The average molecular weight is 216 g/mol. The third-order valence-electron chi connectivity index (χ3n) is 3.13. The van der Waals surface area contributed by atoms with E-state index >= 15 is 0 Å². The summed E-state index contributed by atoms with van der Waals surface area (Å²) in [6, 6.07) is 0. The number of methoxy groups -OCH3 is 2. The second kappa shape index (κ2) is 6.08.